The zero-order valence-electron chi connectivity index (χ0n) is 16.2. The summed E-state index contributed by atoms with van der Waals surface area (Å²) in [4.78, 5) is 0. The molecule has 3 heteroatoms. The number of hydrogen-bond acceptors (Lipinski definition) is 1. The maximum absolute atomic E-state index is 5.22. The predicted molar refractivity (Wildman–Crippen MR) is 106 cm³/mol. The van der Waals surface area contributed by atoms with E-state index in [1.807, 2.05) is 6.08 Å². The molecule has 0 heterocycles. The van der Waals surface area contributed by atoms with E-state index in [9.17, 15) is 0 Å². The van der Waals surface area contributed by atoms with Crippen LogP contribution in [-0.2, 0) is 21.7 Å². The van der Waals surface area contributed by atoms with Gasteiger partial charge in [-0.1, -0.05) is 85.4 Å². The zero-order valence-corrected chi connectivity index (χ0v) is 18.7. The number of allylic oxidation sites excluding steroid dienone is 6. The van der Waals surface area contributed by atoms with Gasteiger partial charge in [-0.2, -0.15) is 0 Å². The third-order valence-corrected chi connectivity index (χ3v) is 9.61. The topological polar surface area (TPSA) is 12.4 Å². The van der Waals surface area contributed by atoms with Crippen molar-refractivity contribution in [2.45, 2.75) is 78.3 Å². The van der Waals surface area contributed by atoms with E-state index in [2.05, 4.69) is 79.3 Å². The van der Waals surface area contributed by atoms with Gasteiger partial charge in [0.25, 0.3) is 0 Å². The van der Waals surface area contributed by atoms with Crippen LogP contribution >= 0.6 is 7.05 Å². The summed E-state index contributed by atoms with van der Waals surface area (Å²) in [6, 6.07) is 0. The van der Waals surface area contributed by atoms with Gasteiger partial charge in [0.1, 0.15) is 0 Å². The second kappa shape index (κ2) is 13.2. The molecule has 0 bridgehead atoms. The quantitative estimate of drug-likeness (QED) is 0.263. The predicted octanol–water partition coefficient (Wildman–Crippen LogP) is 7.39. The van der Waals surface area contributed by atoms with Crippen molar-refractivity contribution in [2.24, 2.45) is 4.74 Å². The molecule has 1 nitrogen and oxygen atoms in total. The largest absolute Gasteiger partial charge is 0.271 e. The Kier molecular flexibility index (Phi) is 14.5. The molecule has 0 radical (unpaired) electrons. The average molecular weight is 369 g/mol. The molecule has 0 aliphatic heterocycles. The molecule has 0 aromatic heterocycles. The van der Waals surface area contributed by atoms with Crippen molar-refractivity contribution in [1.29, 1.82) is 0 Å². The smallest absolute Gasteiger partial charge is 0.0425 e. The molecule has 0 aromatic rings. The maximum Gasteiger partial charge on any atom is 0.0425 e. The summed E-state index contributed by atoms with van der Waals surface area (Å²) in [5, 5.41) is 0. The molecule has 0 amide bonds. The molecule has 1 aliphatic carbocycles. The van der Waals surface area contributed by atoms with Crippen molar-refractivity contribution in [3.05, 3.63) is 48.7 Å². The standard InChI is InChI=1S/C14H26NP.C6H10.Ti/c1-11(2)16(12(3)4,13(5)6)15-14-9-7-8-10-14;1-3-5-6-4-2;/h7-9,11-13H,10H2,1-6H3;3,5-6H,1,4H2,2H3;. The molecule has 0 spiro atoms. The van der Waals surface area contributed by atoms with Crippen LogP contribution in [0.1, 0.15) is 61.3 Å². The van der Waals surface area contributed by atoms with Gasteiger partial charge in [0.2, 0.25) is 0 Å². The first-order valence-corrected chi connectivity index (χ1v) is 10.5. The maximum atomic E-state index is 5.22. The van der Waals surface area contributed by atoms with Crippen LogP contribution in [-0.4, -0.2) is 17.0 Å². The molecular weight excluding hydrogens is 333 g/mol. The van der Waals surface area contributed by atoms with E-state index in [1.165, 1.54) is 5.70 Å². The van der Waals surface area contributed by atoms with Crippen LogP contribution in [0.4, 0.5) is 0 Å². The second-order valence-electron chi connectivity index (χ2n) is 6.54. The van der Waals surface area contributed by atoms with Crippen LogP contribution in [0.2, 0.25) is 0 Å². The van der Waals surface area contributed by atoms with Crippen molar-refractivity contribution in [2.75, 3.05) is 0 Å². The minimum Gasteiger partial charge on any atom is -0.271 e. The van der Waals surface area contributed by atoms with E-state index in [0.717, 1.165) is 12.8 Å². The molecule has 1 aliphatic rings. The van der Waals surface area contributed by atoms with E-state index >= 15 is 0 Å². The summed E-state index contributed by atoms with van der Waals surface area (Å²) in [5.74, 6) is 0. The van der Waals surface area contributed by atoms with Crippen LogP contribution in [0.15, 0.2) is 53.5 Å². The molecule has 0 atom stereocenters. The van der Waals surface area contributed by atoms with E-state index < -0.39 is 7.05 Å². The Labute approximate surface area is 160 Å². The molecule has 0 aromatic carbocycles. The molecule has 0 saturated carbocycles. The normalized spacial score (nSPS) is 13.9. The summed E-state index contributed by atoms with van der Waals surface area (Å²) >= 11 is 0. The summed E-state index contributed by atoms with van der Waals surface area (Å²) in [7, 11) is -1.24. The Balaban J connectivity index is 0. The van der Waals surface area contributed by atoms with Crippen molar-refractivity contribution in [3.8, 4) is 0 Å². The van der Waals surface area contributed by atoms with Gasteiger partial charge in [0, 0.05) is 33.8 Å². The third-order valence-electron chi connectivity index (χ3n) is 4.04. The minimum absolute atomic E-state index is 0. The number of rotatable bonds is 6. The molecular formula is C20H36NPTi. The van der Waals surface area contributed by atoms with Crippen LogP contribution in [0.3, 0.4) is 0 Å². The van der Waals surface area contributed by atoms with Gasteiger partial charge >= 0.3 is 0 Å². The minimum atomic E-state index is -1.24. The first kappa shape index (κ1) is 25.1. The Bertz CT molecular complexity index is 440. The van der Waals surface area contributed by atoms with Crippen molar-refractivity contribution in [3.63, 3.8) is 0 Å². The van der Waals surface area contributed by atoms with E-state index in [4.69, 9.17) is 4.74 Å². The molecule has 1 rings (SSSR count). The van der Waals surface area contributed by atoms with Crippen LogP contribution in [0, 0.1) is 0 Å². The van der Waals surface area contributed by atoms with Gasteiger partial charge in [0.05, 0.1) is 0 Å². The monoisotopic (exact) mass is 369 g/mol. The number of nitrogens with zero attached hydrogens (tertiary/aromatic N) is 1. The van der Waals surface area contributed by atoms with E-state index in [0.29, 0.717) is 17.0 Å². The zero-order chi connectivity index (χ0) is 17.2. The Morgan fingerprint density at radius 1 is 1.13 bits per heavy atom. The Hall–Kier alpha value is -0.0957. The molecule has 0 N–H and O–H groups in total. The average Bonchev–Trinajstić information content (AvgIpc) is 2.94. The Morgan fingerprint density at radius 2 is 1.65 bits per heavy atom. The van der Waals surface area contributed by atoms with E-state index in [1.54, 1.807) is 6.08 Å². The summed E-state index contributed by atoms with van der Waals surface area (Å²) < 4.78 is 5.22. The summed E-state index contributed by atoms with van der Waals surface area (Å²) in [6.07, 6.45) is 14.4. The first-order chi connectivity index (χ1) is 10.3. The molecule has 0 unspecified atom stereocenters. The van der Waals surface area contributed by atoms with Gasteiger partial charge in [-0.15, -0.1) is 0 Å². The molecule has 130 valence electrons. The van der Waals surface area contributed by atoms with Crippen molar-refractivity contribution < 1.29 is 21.7 Å². The van der Waals surface area contributed by atoms with Gasteiger partial charge < -0.3 is 0 Å². The fourth-order valence-electron chi connectivity index (χ4n) is 3.10. The van der Waals surface area contributed by atoms with Gasteiger partial charge in [0.15, 0.2) is 0 Å². The second-order valence-corrected chi connectivity index (χ2v) is 11.4. The van der Waals surface area contributed by atoms with Gasteiger partial charge in [-0.25, -0.2) is 0 Å². The van der Waals surface area contributed by atoms with Gasteiger partial charge in [-0.05, 0) is 36.5 Å². The number of hydrogen-bond donors (Lipinski definition) is 0. The third kappa shape index (κ3) is 8.02. The molecule has 23 heavy (non-hydrogen) atoms. The van der Waals surface area contributed by atoms with Crippen LogP contribution < -0.4 is 0 Å². The molecule has 0 saturated heterocycles. The Morgan fingerprint density at radius 3 is 1.91 bits per heavy atom. The van der Waals surface area contributed by atoms with Crippen molar-refractivity contribution in [1.82, 2.24) is 0 Å². The first-order valence-electron chi connectivity index (χ1n) is 8.57. The van der Waals surface area contributed by atoms with Crippen LogP contribution in [0.5, 0.6) is 0 Å². The van der Waals surface area contributed by atoms with Crippen molar-refractivity contribution >= 4 is 7.05 Å². The van der Waals surface area contributed by atoms with E-state index in [-0.39, 0.29) is 21.7 Å². The fourth-order valence-corrected chi connectivity index (χ4v) is 7.96. The molecule has 0 fully saturated rings. The summed E-state index contributed by atoms with van der Waals surface area (Å²) in [6.45, 7) is 19.7. The van der Waals surface area contributed by atoms with Crippen LogP contribution in [0.25, 0.3) is 0 Å². The SMILES string of the molecule is C=CC=CCC.CC(C)P(=NC1=CC=CC1)(C(C)C)C(C)C.[Ti]. The summed E-state index contributed by atoms with van der Waals surface area (Å²) in [5.41, 5.74) is 3.36. The van der Waals surface area contributed by atoms with Gasteiger partial charge in [-0.3, -0.25) is 4.74 Å². The fraction of sp³-hybridized carbons (Fsp3) is 0.600.